The van der Waals surface area contributed by atoms with Gasteiger partial charge in [-0.3, -0.25) is 9.20 Å². The van der Waals surface area contributed by atoms with Crippen molar-refractivity contribution in [1.29, 1.82) is 0 Å². The van der Waals surface area contributed by atoms with Crippen molar-refractivity contribution in [3.05, 3.63) is 45.8 Å². The van der Waals surface area contributed by atoms with Gasteiger partial charge in [-0.25, -0.2) is 4.98 Å². The monoisotopic (exact) mass is 364 g/mol. The smallest absolute Gasteiger partial charge is 0.309 e. The highest BCUT2D eigenvalue weighted by Gasteiger charge is 2.16. The summed E-state index contributed by atoms with van der Waals surface area (Å²) < 4.78 is 2.87. The van der Waals surface area contributed by atoms with Gasteiger partial charge in [0, 0.05) is 11.3 Å². The predicted octanol–water partition coefficient (Wildman–Crippen LogP) is 4.01. The molecule has 3 aromatic heterocycles. The van der Waals surface area contributed by atoms with Crippen LogP contribution in [0.25, 0.3) is 16.0 Å². The minimum absolute atomic E-state index is 0.0656. The summed E-state index contributed by atoms with van der Waals surface area (Å²) in [5, 5.41) is 11.1. The molecule has 0 aliphatic carbocycles. The Labute approximate surface area is 134 Å². The number of thiophene rings is 1. The van der Waals surface area contributed by atoms with Crippen LogP contribution in [0.5, 0.6) is 0 Å². The molecule has 3 aromatic rings. The average Bonchev–Trinajstić information content (AvgIpc) is 3.06. The van der Waals surface area contributed by atoms with Gasteiger partial charge < -0.3 is 5.11 Å². The number of pyridine rings is 1. The Bertz CT molecular complexity index is 809. The predicted molar refractivity (Wildman–Crippen MR) is 86.9 cm³/mol. The van der Waals surface area contributed by atoms with Gasteiger partial charge in [-0.1, -0.05) is 13.0 Å². The molecule has 0 aromatic carbocycles. The summed E-state index contributed by atoms with van der Waals surface area (Å²) >= 11 is 5.24. The highest BCUT2D eigenvalue weighted by Crippen LogP contribution is 2.31. The molecule has 0 unspecified atom stereocenters. The lowest BCUT2D eigenvalue weighted by Crippen LogP contribution is -2.01. The molecule has 0 amide bonds. The molecule has 0 radical (unpaired) electrons. The van der Waals surface area contributed by atoms with E-state index < -0.39 is 5.97 Å². The van der Waals surface area contributed by atoms with Crippen LogP contribution in [0, 0.1) is 0 Å². The number of carboxylic acid groups (broad SMARTS) is 1. The first-order chi connectivity index (χ1) is 10.1. The molecule has 0 spiro atoms. The second-order valence-corrected chi connectivity index (χ2v) is 6.42. The molecule has 0 aliphatic heterocycles. The van der Waals surface area contributed by atoms with Crippen LogP contribution < -0.4 is 0 Å². The zero-order chi connectivity index (χ0) is 15.0. The topological polar surface area (TPSA) is 54.6 Å². The normalized spacial score (nSPS) is 11.1. The number of aryl methyl sites for hydroxylation is 1. The SMILES string of the molecule is CCc1nc(CC(=O)O)c2cc(-c3cccs3)cc(Br)n12. The van der Waals surface area contributed by atoms with Crippen molar-refractivity contribution < 1.29 is 9.90 Å². The lowest BCUT2D eigenvalue weighted by atomic mass is 10.2. The van der Waals surface area contributed by atoms with Gasteiger partial charge in [0.1, 0.15) is 5.82 Å². The Hall–Kier alpha value is -1.66. The van der Waals surface area contributed by atoms with Gasteiger partial charge in [-0.15, -0.1) is 11.3 Å². The Kier molecular flexibility index (Phi) is 3.82. The first-order valence-electron chi connectivity index (χ1n) is 6.55. The number of rotatable bonds is 4. The number of aliphatic carboxylic acids is 1. The molecule has 0 bridgehead atoms. The van der Waals surface area contributed by atoms with Gasteiger partial charge in [0.25, 0.3) is 0 Å². The molecule has 4 nitrogen and oxygen atoms in total. The van der Waals surface area contributed by atoms with Crippen LogP contribution in [0.4, 0.5) is 0 Å². The summed E-state index contributed by atoms with van der Waals surface area (Å²) in [6.45, 7) is 2.01. The molecule has 21 heavy (non-hydrogen) atoms. The van der Waals surface area contributed by atoms with Crippen LogP contribution in [0.15, 0.2) is 34.2 Å². The van der Waals surface area contributed by atoms with E-state index in [2.05, 4.69) is 27.0 Å². The minimum atomic E-state index is -0.865. The van der Waals surface area contributed by atoms with Crippen LogP contribution in [-0.2, 0) is 17.6 Å². The van der Waals surface area contributed by atoms with Gasteiger partial charge in [0.15, 0.2) is 0 Å². The molecule has 108 valence electrons. The maximum atomic E-state index is 11.0. The van der Waals surface area contributed by atoms with Gasteiger partial charge in [-0.2, -0.15) is 0 Å². The first kappa shape index (κ1) is 14.3. The third-order valence-corrected chi connectivity index (χ3v) is 4.78. The van der Waals surface area contributed by atoms with E-state index in [9.17, 15) is 4.79 Å². The Morgan fingerprint density at radius 2 is 2.29 bits per heavy atom. The maximum absolute atomic E-state index is 11.0. The van der Waals surface area contributed by atoms with Crippen molar-refractivity contribution in [1.82, 2.24) is 9.38 Å². The second kappa shape index (κ2) is 5.61. The summed E-state index contributed by atoms with van der Waals surface area (Å²) in [7, 11) is 0. The van der Waals surface area contributed by atoms with E-state index in [1.54, 1.807) is 11.3 Å². The van der Waals surface area contributed by atoms with E-state index in [1.807, 2.05) is 34.9 Å². The largest absolute Gasteiger partial charge is 0.481 e. The summed E-state index contributed by atoms with van der Waals surface area (Å²) in [5.41, 5.74) is 2.53. The van der Waals surface area contributed by atoms with Gasteiger partial charge >= 0.3 is 5.97 Å². The zero-order valence-corrected chi connectivity index (χ0v) is 13.7. The molecule has 6 heteroatoms. The summed E-state index contributed by atoms with van der Waals surface area (Å²) in [4.78, 5) is 16.7. The third-order valence-electron chi connectivity index (χ3n) is 3.28. The number of hydrogen-bond acceptors (Lipinski definition) is 3. The van der Waals surface area contributed by atoms with Crippen molar-refractivity contribution >= 4 is 38.8 Å². The summed E-state index contributed by atoms with van der Waals surface area (Å²) in [6.07, 6.45) is 0.682. The highest BCUT2D eigenvalue weighted by molar-refractivity contribution is 9.10. The molecular weight excluding hydrogens is 352 g/mol. The fraction of sp³-hybridized carbons (Fsp3) is 0.200. The van der Waals surface area contributed by atoms with Gasteiger partial charge in [-0.05, 0) is 45.1 Å². The zero-order valence-electron chi connectivity index (χ0n) is 11.3. The lowest BCUT2D eigenvalue weighted by Gasteiger charge is -2.06. The fourth-order valence-corrected chi connectivity index (χ4v) is 3.75. The number of carboxylic acids is 1. The molecule has 0 atom stereocenters. The number of imidazole rings is 1. The standard InChI is InChI=1S/C15H13BrN2O2S/c1-2-14-17-10(8-15(19)20)11-6-9(7-13(16)18(11)14)12-4-3-5-21-12/h3-7H,2,8H2,1H3,(H,19,20). The van der Waals surface area contributed by atoms with E-state index in [4.69, 9.17) is 5.11 Å². The molecule has 3 rings (SSSR count). The van der Waals surface area contributed by atoms with Crippen LogP contribution in [0.3, 0.4) is 0 Å². The highest BCUT2D eigenvalue weighted by atomic mass is 79.9. The molecular formula is C15H13BrN2O2S. The Balaban J connectivity index is 2.26. The van der Waals surface area contributed by atoms with E-state index in [0.717, 1.165) is 32.8 Å². The average molecular weight is 365 g/mol. The summed E-state index contributed by atoms with van der Waals surface area (Å²) in [5.74, 6) is 0.00107. The van der Waals surface area contributed by atoms with E-state index in [-0.39, 0.29) is 6.42 Å². The molecule has 0 aliphatic rings. The van der Waals surface area contributed by atoms with Crippen LogP contribution in [0.2, 0.25) is 0 Å². The third kappa shape index (κ3) is 2.61. The number of carbonyl (C=O) groups is 1. The van der Waals surface area contributed by atoms with Crippen LogP contribution >= 0.6 is 27.3 Å². The molecule has 0 saturated heterocycles. The maximum Gasteiger partial charge on any atom is 0.309 e. The number of fused-ring (bicyclic) bond motifs is 1. The molecule has 0 saturated carbocycles. The van der Waals surface area contributed by atoms with Gasteiger partial charge in [0.05, 0.1) is 22.2 Å². The number of hydrogen-bond donors (Lipinski definition) is 1. The quantitative estimate of drug-likeness (QED) is 0.711. The second-order valence-electron chi connectivity index (χ2n) is 4.66. The Morgan fingerprint density at radius 3 is 2.90 bits per heavy atom. The molecule has 1 N–H and O–H groups in total. The van der Waals surface area contributed by atoms with Crippen molar-refractivity contribution in [3.63, 3.8) is 0 Å². The first-order valence-corrected chi connectivity index (χ1v) is 8.23. The van der Waals surface area contributed by atoms with Crippen molar-refractivity contribution in [2.45, 2.75) is 19.8 Å². The van der Waals surface area contributed by atoms with E-state index in [0.29, 0.717) is 5.69 Å². The summed E-state index contributed by atoms with van der Waals surface area (Å²) in [6, 6.07) is 8.12. The van der Waals surface area contributed by atoms with E-state index in [1.165, 1.54) is 0 Å². The van der Waals surface area contributed by atoms with Crippen molar-refractivity contribution in [2.24, 2.45) is 0 Å². The molecule has 3 heterocycles. The number of nitrogens with zero attached hydrogens (tertiary/aromatic N) is 2. The molecule has 0 fully saturated rings. The number of aromatic nitrogens is 2. The van der Waals surface area contributed by atoms with Gasteiger partial charge in [0.2, 0.25) is 0 Å². The minimum Gasteiger partial charge on any atom is -0.481 e. The lowest BCUT2D eigenvalue weighted by molar-refractivity contribution is -0.136. The van der Waals surface area contributed by atoms with Crippen molar-refractivity contribution in [2.75, 3.05) is 0 Å². The van der Waals surface area contributed by atoms with Crippen LogP contribution in [0.1, 0.15) is 18.4 Å². The Morgan fingerprint density at radius 1 is 1.48 bits per heavy atom. The number of halogens is 1. The van der Waals surface area contributed by atoms with Crippen molar-refractivity contribution in [3.8, 4) is 10.4 Å². The fourth-order valence-electron chi connectivity index (χ4n) is 2.39. The van der Waals surface area contributed by atoms with Crippen LogP contribution in [-0.4, -0.2) is 20.5 Å². The van der Waals surface area contributed by atoms with E-state index >= 15 is 0 Å².